The Morgan fingerprint density at radius 3 is 2.64 bits per heavy atom. The largest absolute Gasteiger partial charge is 0.492 e. The third-order valence-electron chi connectivity index (χ3n) is 3.48. The second kappa shape index (κ2) is 8.62. The summed E-state index contributed by atoms with van der Waals surface area (Å²) in [7, 11) is 0. The van der Waals surface area contributed by atoms with Gasteiger partial charge in [-0.15, -0.1) is 11.3 Å². The van der Waals surface area contributed by atoms with E-state index in [1.54, 1.807) is 24.4 Å². The number of hydrogen-bond acceptors (Lipinski definition) is 4. The van der Waals surface area contributed by atoms with Gasteiger partial charge in [0.15, 0.2) is 0 Å². The number of benzene rings is 1. The van der Waals surface area contributed by atoms with Crippen LogP contribution in [0.5, 0.6) is 5.75 Å². The third-order valence-corrected chi connectivity index (χ3v) is 4.35. The van der Waals surface area contributed by atoms with Crippen molar-refractivity contribution in [3.05, 3.63) is 46.4 Å². The first kappa shape index (κ1) is 18.9. The summed E-state index contributed by atoms with van der Waals surface area (Å²) in [4.78, 5) is 25.4. The number of halogens is 1. The van der Waals surface area contributed by atoms with Gasteiger partial charge in [-0.2, -0.15) is 0 Å². The lowest BCUT2D eigenvalue weighted by molar-refractivity contribution is -0.118. The highest BCUT2D eigenvalue weighted by molar-refractivity contribution is 7.12. The molecule has 2 amide bonds. The molecule has 0 saturated heterocycles. The van der Waals surface area contributed by atoms with Crippen LogP contribution in [-0.4, -0.2) is 24.5 Å². The van der Waals surface area contributed by atoms with Crippen LogP contribution in [0.3, 0.4) is 0 Å². The van der Waals surface area contributed by atoms with Crippen molar-refractivity contribution in [3.8, 4) is 5.75 Å². The molecule has 0 aliphatic carbocycles. The lowest BCUT2D eigenvalue weighted by Gasteiger charge is -2.22. The van der Waals surface area contributed by atoms with Gasteiger partial charge in [-0.3, -0.25) is 9.59 Å². The van der Waals surface area contributed by atoms with E-state index in [0.29, 0.717) is 17.2 Å². The lowest BCUT2D eigenvalue weighted by Crippen LogP contribution is -2.47. The zero-order valence-electron chi connectivity index (χ0n) is 14.3. The summed E-state index contributed by atoms with van der Waals surface area (Å²) in [5, 5.41) is 7.26. The summed E-state index contributed by atoms with van der Waals surface area (Å²) in [6.07, 6.45) is 0. The maximum Gasteiger partial charge on any atom is 0.262 e. The van der Waals surface area contributed by atoms with Gasteiger partial charge >= 0.3 is 0 Å². The molecule has 1 atom stereocenters. The van der Waals surface area contributed by atoms with E-state index in [9.17, 15) is 14.0 Å². The van der Waals surface area contributed by atoms with E-state index < -0.39 is 11.9 Å². The molecule has 0 spiro atoms. The Bertz CT molecular complexity index is 732. The highest BCUT2D eigenvalue weighted by Gasteiger charge is 2.26. The third kappa shape index (κ3) is 5.03. The van der Waals surface area contributed by atoms with Gasteiger partial charge < -0.3 is 15.4 Å². The van der Waals surface area contributed by atoms with Crippen LogP contribution < -0.4 is 15.4 Å². The van der Waals surface area contributed by atoms with Crippen LogP contribution in [-0.2, 0) is 4.79 Å². The minimum atomic E-state index is -0.728. The molecular weight excluding hydrogens is 343 g/mol. The summed E-state index contributed by atoms with van der Waals surface area (Å²) in [6, 6.07) is 6.64. The predicted molar refractivity (Wildman–Crippen MR) is 96.6 cm³/mol. The predicted octanol–water partition coefficient (Wildman–Crippen LogP) is 3.68. The van der Waals surface area contributed by atoms with Crippen molar-refractivity contribution >= 4 is 28.8 Å². The maximum absolute atomic E-state index is 13.4. The fourth-order valence-corrected chi connectivity index (χ4v) is 2.87. The van der Waals surface area contributed by atoms with Crippen LogP contribution in [0.25, 0.3) is 0 Å². The van der Waals surface area contributed by atoms with E-state index >= 15 is 0 Å². The number of carbonyl (C=O) groups excluding carboxylic acids is 2. The van der Waals surface area contributed by atoms with Gasteiger partial charge in [-0.05, 0) is 36.4 Å². The number of ether oxygens (including phenoxy) is 1. The van der Waals surface area contributed by atoms with Crippen molar-refractivity contribution in [2.24, 2.45) is 5.92 Å². The van der Waals surface area contributed by atoms with Gasteiger partial charge in [0, 0.05) is 6.07 Å². The average molecular weight is 364 g/mol. The molecule has 2 aromatic rings. The monoisotopic (exact) mass is 364 g/mol. The summed E-state index contributed by atoms with van der Waals surface area (Å²) >= 11 is 1.31. The highest BCUT2D eigenvalue weighted by Crippen LogP contribution is 2.26. The molecule has 134 valence electrons. The Kier molecular flexibility index (Phi) is 6.52. The first-order chi connectivity index (χ1) is 11.9. The van der Waals surface area contributed by atoms with Crippen LogP contribution in [0.1, 0.15) is 30.4 Å². The molecule has 2 rings (SSSR count). The molecule has 5 nitrogen and oxygen atoms in total. The van der Waals surface area contributed by atoms with E-state index in [0.717, 1.165) is 0 Å². The van der Waals surface area contributed by atoms with Gasteiger partial charge in [-0.1, -0.05) is 19.9 Å². The molecule has 0 saturated carbocycles. The first-order valence-electron chi connectivity index (χ1n) is 8.00. The molecule has 7 heteroatoms. The Morgan fingerprint density at radius 1 is 1.28 bits per heavy atom. The molecule has 2 N–H and O–H groups in total. The Labute approximate surface area is 150 Å². The minimum absolute atomic E-state index is 0.125. The molecule has 1 aromatic carbocycles. The van der Waals surface area contributed by atoms with E-state index in [1.807, 2.05) is 13.8 Å². The summed E-state index contributed by atoms with van der Waals surface area (Å²) in [5.74, 6) is -1.00. The van der Waals surface area contributed by atoms with Crippen molar-refractivity contribution < 1.29 is 18.7 Å². The van der Waals surface area contributed by atoms with Crippen LogP contribution in [0, 0.1) is 11.7 Å². The Morgan fingerprint density at radius 2 is 2.04 bits per heavy atom. The van der Waals surface area contributed by atoms with Gasteiger partial charge in [-0.25, -0.2) is 4.39 Å². The number of anilines is 1. The number of carbonyl (C=O) groups is 2. The summed E-state index contributed by atoms with van der Waals surface area (Å²) < 4.78 is 18.7. The molecule has 0 aliphatic heterocycles. The van der Waals surface area contributed by atoms with Crippen molar-refractivity contribution in [2.75, 3.05) is 11.9 Å². The second-order valence-corrected chi connectivity index (χ2v) is 6.68. The lowest BCUT2D eigenvalue weighted by atomic mass is 10.0. The van der Waals surface area contributed by atoms with Crippen molar-refractivity contribution in [1.29, 1.82) is 0 Å². The maximum atomic E-state index is 13.4. The number of nitrogens with one attached hydrogen (secondary N) is 2. The number of thiophene rings is 1. The smallest absolute Gasteiger partial charge is 0.262 e. The van der Waals surface area contributed by atoms with Gasteiger partial charge in [0.05, 0.1) is 17.2 Å². The standard InChI is InChI=1S/C18H21FN2O3S/c1-4-24-14-10-12(19)7-8-13(14)20-18(23)16(11(2)3)21-17(22)15-6-5-9-25-15/h5-11,16H,4H2,1-3H3,(H,20,23)(H,21,22). The molecule has 25 heavy (non-hydrogen) atoms. The quantitative estimate of drug-likeness (QED) is 0.788. The number of rotatable bonds is 7. The van der Waals surface area contributed by atoms with E-state index in [2.05, 4.69) is 10.6 Å². The fourth-order valence-electron chi connectivity index (χ4n) is 2.24. The first-order valence-corrected chi connectivity index (χ1v) is 8.88. The fraction of sp³-hybridized carbons (Fsp3) is 0.333. The number of hydrogen-bond donors (Lipinski definition) is 2. The number of amides is 2. The molecule has 1 aromatic heterocycles. The molecular formula is C18H21FN2O3S. The zero-order chi connectivity index (χ0) is 18.4. The molecule has 1 unspecified atom stereocenters. The van der Waals surface area contributed by atoms with Crippen LogP contribution >= 0.6 is 11.3 Å². The topological polar surface area (TPSA) is 67.4 Å². The van der Waals surface area contributed by atoms with Crippen LogP contribution in [0.2, 0.25) is 0 Å². The Balaban J connectivity index is 2.14. The highest BCUT2D eigenvalue weighted by atomic mass is 32.1. The van der Waals surface area contributed by atoms with E-state index in [-0.39, 0.29) is 23.5 Å². The molecule has 0 radical (unpaired) electrons. The van der Waals surface area contributed by atoms with Crippen molar-refractivity contribution in [2.45, 2.75) is 26.8 Å². The molecule has 0 fully saturated rings. The van der Waals surface area contributed by atoms with Gasteiger partial charge in [0.2, 0.25) is 5.91 Å². The molecule has 0 aliphatic rings. The van der Waals surface area contributed by atoms with Gasteiger partial charge in [0.1, 0.15) is 17.6 Å². The van der Waals surface area contributed by atoms with Crippen LogP contribution in [0.4, 0.5) is 10.1 Å². The normalized spacial score (nSPS) is 11.9. The van der Waals surface area contributed by atoms with E-state index in [4.69, 9.17) is 4.74 Å². The second-order valence-electron chi connectivity index (χ2n) is 5.74. The van der Waals surface area contributed by atoms with Crippen LogP contribution in [0.15, 0.2) is 35.7 Å². The van der Waals surface area contributed by atoms with E-state index in [1.165, 1.54) is 29.5 Å². The summed E-state index contributed by atoms with van der Waals surface area (Å²) in [5.41, 5.74) is 0.365. The SMILES string of the molecule is CCOc1cc(F)ccc1NC(=O)C(NC(=O)c1cccs1)C(C)C. The Hall–Kier alpha value is -2.41. The molecule has 0 bridgehead atoms. The molecule has 1 heterocycles. The van der Waals surface area contributed by atoms with Crippen molar-refractivity contribution in [1.82, 2.24) is 5.32 Å². The minimum Gasteiger partial charge on any atom is -0.492 e. The summed E-state index contributed by atoms with van der Waals surface area (Å²) in [6.45, 7) is 5.80. The van der Waals surface area contributed by atoms with Crippen molar-refractivity contribution in [3.63, 3.8) is 0 Å². The van der Waals surface area contributed by atoms with Gasteiger partial charge in [0.25, 0.3) is 5.91 Å². The average Bonchev–Trinajstić information content (AvgIpc) is 3.09. The zero-order valence-corrected chi connectivity index (χ0v) is 15.2.